The second-order valence-corrected chi connectivity index (χ2v) is 4.91. The zero-order valence-electron chi connectivity index (χ0n) is 10.4. The number of carbonyl (C=O) groups is 1. The van der Waals surface area contributed by atoms with Gasteiger partial charge in [0, 0.05) is 12.0 Å². The normalized spacial score (nSPS) is 23.1. The van der Waals surface area contributed by atoms with Crippen LogP contribution in [0, 0.1) is 17.2 Å². The molecule has 1 N–H and O–H groups in total. The predicted octanol–water partition coefficient (Wildman–Crippen LogP) is 2.43. The molecule has 0 unspecified atom stereocenters. The molecule has 3 heteroatoms. The first kappa shape index (κ1) is 12.6. The van der Waals surface area contributed by atoms with Crippen LogP contribution in [0.5, 0.6) is 0 Å². The monoisotopic (exact) mass is 242 g/mol. The van der Waals surface area contributed by atoms with E-state index in [4.69, 9.17) is 5.26 Å². The van der Waals surface area contributed by atoms with Crippen molar-refractivity contribution in [2.75, 3.05) is 0 Å². The highest BCUT2D eigenvalue weighted by molar-refractivity contribution is 5.78. The predicted molar refractivity (Wildman–Crippen MR) is 69.6 cm³/mol. The topological polar surface area (TPSA) is 52.9 Å². The van der Waals surface area contributed by atoms with Crippen LogP contribution in [0.3, 0.4) is 0 Å². The van der Waals surface area contributed by atoms with Gasteiger partial charge in [0.25, 0.3) is 0 Å². The summed E-state index contributed by atoms with van der Waals surface area (Å²) in [6.45, 7) is 0. The van der Waals surface area contributed by atoms with E-state index in [1.807, 2.05) is 30.3 Å². The quantitative estimate of drug-likeness (QED) is 0.885. The largest absolute Gasteiger partial charge is 0.353 e. The van der Waals surface area contributed by atoms with Crippen LogP contribution in [0.25, 0.3) is 0 Å². The number of carbonyl (C=O) groups excluding carboxylic acids is 1. The molecule has 3 nitrogen and oxygen atoms in total. The summed E-state index contributed by atoms with van der Waals surface area (Å²) in [6, 6.07) is 12.3. The van der Waals surface area contributed by atoms with Gasteiger partial charge in [-0.25, -0.2) is 0 Å². The van der Waals surface area contributed by atoms with Gasteiger partial charge in [-0.3, -0.25) is 4.79 Å². The highest BCUT2D eigenvalue weighted by Gasteiger charge is 2.21. The van der Waals surface area contributed by atoms with E-state index in [0.717, 1.165) is 31.2 Å². The van der Waals surface area contributed by atoms with Crippen molar-refractivity contribution in [1.82, 2.24) is 5.32 Å². The second kappa shape index (κ2) is 6.20. The number of hydrogen-bond donors (Lipinski definition) is 1. The van der Waals surface area contributed by atoms with Crippen molar-refractivity contribution in [2.24, 2.45) is 5.92 Å². The van der Waals surface area contributed by atoms with Gasteiger partial charge in [0.2, 0.25) is 5.91 Å². The average Bonchev–Trinajstić information content (AvgIpc) is 2.40. The molecule has 0 saturated heterocycles. The van der Waals surface area contributed by atoms with Crippen molar-refractivity contribution in [3.63, 3.8) is 0 Å². The van der Waals surface area contributed by atoms with E-state index in [1.54, 1.807) is 0 Å². The third-order valence-corrected chi connectivity index (χ3v) is 3.48. The van der Waals surface area contributed by atoms with Gasteiger partial charge in [0.1, 0.15) is 0 Å². The standard InChI is InChI=1S/C15H18N2O/c16-11-13-6-8-14(9-7-13)17-15(18)10-12-4-2-1-3-5-12/h1-5,13-14H,6-10H2,(H,17,18). The van der Waals surface area contributed by atoms with E-state index >= 15 is 0 Å². The Kier molecular flexibility index (Phi) is 4.35. The lowest BCUT2D eigenvalue weighted by Gasteiger charge is -2.25. The molecule has 18 heavy (non-hydrogen) atoms. The summed E-state index contributed by atoms with van der Waals surface area (Å²) in [5, 5.41) is 11.9. The Morgan fingerprint density at radius 1 is 1.22 bits per heavy atom. The van der Waals surface area contributed by atoms with E-state index in [9.17, 15) is 4.79 Å². The lowest BCUT2D eigenvalue weighted by Crippen LogP contribution is -2.38. The van der Waals surface area contributed by atoms with Gasteiger partial charge in [-0.15, -0.1) is 0 Å². The Bertz CT molecular complexity index is 428. The fraction of sp³-hybridized carbons (Fsp3) is 0.467. The Balaban J connectivity index is 1.77. The van der Waals surface area contributed by atoms with Crippen molar-refractivity contribution in [2.45, 2.75) is 38.1 Å². The van der Waals surface area contributed by atoms with E-state index in [0.29, 0.717) is 6.42 Å². The lowest BCUT2D eigenvalue weighted by atomic mass is 9.87. The summed E-state index contributed by atoms with van der Waals surface area (Å²) in [7, 11) is 0. The molecule has 0 aromatic heterocycles. The van der Waals surface area contributed by atoms with Gasteiger partial charge in [0.15, 0.2) is 0 Å². The van der Waals surface area contributed by atoms with E-state index in [2.05, 4.69) is 11.4 Å². The molecule has 0 aliphatic heterocycles. The zero-order chi connectivity index (χ0) is 12.8. The van der Waals surface area contributed by atoms with Crippen LogP contribution in [-0.4, -0.2) is 11.9 Å². The van der Waals surface area contributed by atoms with Crippen LogP contribution in [0.2, 0.25) is 0 Å². The van der Waals surface area contributed by atoms with Gasteiger partial charge >= 0.3 is 0 Å². The van der Waals surface area contributed by atoms with Crippen molar-refractivity contribution >= 4 is 5.91 Å². The van der Waals surface area contributed by atoms with Gasteiger partial charge in [-0.2, -0.15) is 5.26 Å². The number of nitriles is 1. The molecule has 1 amide bonds. The van der Waals surface area contributed by atoms with Crippen LogP contribution >= 0.6 is 0 Å². The molecule has 0 spiro atoms. The highest BCUT2D eigenvalue weighted by Crippen LogP contribution is 2.23. The minimum Gasteiger partial charge on any atom is -0.353 e. The minimum atomic E-state index is 0.0848. The fourth-order valence-electron chi connectivity index (χ4n) is 2.43. The van der Waals surface area contributed by atoms with Crippen molar-refractivity contribution < 1.29 is 4.79 Å². The van der Waals surface area contributed by atoms with Crippen molar-refractivity contribution in [3.05, 3.63) is 35.9 Å². The molecule has 1 fully saturated rings. The molecule has 0 atom stereocenters. The van der Waals surface area contributed by atoms with Crippen LogP contribution in [-0.2, 0) is 11.2 Å². The number of nitrogens with zero attached hydrogens (tertiary/aromatic N) is 1. The average molecular weight is 242 g/mol. The van der Waals surface area contributed by atoms with Crippen LogP contribution in [0.15, 0.2) is 30.3 Å². The van der Waals surface area contributed by atoms with Crippen molar-refractivity contribution in [3.8, 4) is 6.07 Å². The summed E-state index contributed by atoms with van der Waals surface area (Å²) in [5.74, 6) is 0.272. The summed E-state index contributed by atoms with van der Waals surface area (Å²) < 4.78 is 0. The molecule has 1 aromatic carbocycles. The second-order valence-electron chi connectivity index (χ2n) is 4.91. The van der Waals surface area contributed by atoms with Crippen LogP contribution in [0.1, 0.15) is 31.2 Å². The third kappa shape index (κ3) is 3.59. The molecular formula is C15H18N2O. The summed E-state index contributed by atoms with van der Waals surface area (Å²) >= 11 is 0. The van der Waals surface area contributed by atoms with E-state index in [1.165, 1.54) is 0 Å². The van der Waals surface area contributed by atoms with Gasteiger partial charge in [0.05, 0.1) is 12.5 Å². The number of amides is 1. The van der Waals surface area contributed by atoms with Gasteiger partial charge in [-0.1, -0.05) is 30.3 Å². The first-order chi connectivity index (χ1) is 8.78. The van der Waals surface area contributed by atoms with E-state index in [-0.39, 0.29) is 17.9 Å². The number of hydrogen-bond acceptors (Lipinski definition) is 2. The van der Waals surface area contributed by atoms with Crippen LogP contribution < -0.4 is 5.32 Å². The Morgan fingerprint density at radius 2 is 1.89 bits per heavy atom. The van der Waals surface area contributed by atoms with Gasteiger partial charge in [-0.05, 0) is 31.2 Å². The zero-order valence-corrected chi connectivity index (χ0v) is 10.4. The summed E-state index contributed by atoms with van der Waals surface area (Å²) in [6.07, 6.45) is 4.12. The summed E-state index contributed by atoms with van der Waals surface area (Å²) in [4.78, 5) is 11.9. The minimum absolute atomic E-state index is 0.0848. The number of benzene rings is 1. The lowest BCUT2D eigenvalue weighted by molar-refractivity contribution is -0.121. The number of nitrogens with one attached hydrogen (secondary N) is 1. The molecule has 0 bridgehead atoms. The first-order valence-corrected chi connectivity index (χ1v) is 6.51. The Hall–Kier alpha value is -1.82. The maximum absolute atomic E-state index is 11.9. The molecule has 1 aliphatic carbocycles. The fourth-order valence-corrected chi connectivity index (χ4v) is 2.43. The molecular weight excluding hydrogens is 224 g/mol. The maximum atomic E-state index is 11.9. The first-order valence-electron chi connectivity index (χ1n) is 6.51. The summed E-state index contributed by atoms with van der Waals surface area (Å²) in [5.41, 5.74) is 1.04. The van der Waals surface area contributed by atoms with Crippen molar-refractivity contribution in [1.29, 1.82) is 5.26 Å². The number of rotatable bonds is 3. The molecule has 2 rings (SSSR count). The smallest absolute Gasteiger partial charge is 0.224 e. The molecule has 0 heterocycles. The SMILES string of the molecule is N#CC1CCC(NC(=O)Cc2ccccc2)CC1. The maximum Gasteiger partial charge on any atom is 0.224 e. The van der Waals surface area contributed by atoms with E-state index < -0.39 is 0 Å². The van der Waals surface area contributed by atoms with Gasteiger partial charge < -0.3 is 5.32 Å². The van der Waals surface area contributed by atoms with Crippen LogP contribution in [0.4, 0.5) is 0 Å². The Labute approximate surface area is 108 Å². The highest BCUT2D eigenvalue weighted by atomic mass is 16.1. The third-order valence-electron chi connectivity index (χ3n) is 3.48. The molecule has 0 radical (unpaired) electrons. The molecule has 1 saturated carbocycles. The Morgan fingerprint density at radius 3 is 2.50 bits per heavy atom. The molecule has 94 valence electrons. The molecule has 1 aromatic rings. The molecule has 1 aliphatic rings.